The summed E-state index contributed by atoms with van der Waals surface area (Å²) in [4.78, 5) is 13.0. The molecule has 1 heterocycles. The zero-order valence-corrected chi connectivity index (χ0v) is 16.2. The molecule has 2 aliphatic carbocycles. The van der Waals surface area contributed by atoms with E-state index in [1.54, 1.807) is 0 Å². The van der Waals surface area contributed by atoms with E-state index >= 15 is 0 Å². The summed E-state index contributed by atoms with van der Waals surface area (Å²) in [5.74, 6) is 0.609. The van der Waals surface area contributed by atoms with Crippen LogP contribution in [0.4, 0.5) is 0 Å². The van der Waals surface area contributed by atoms with E-state index in [-0.39, 0.29) is 34.4 Å². The number of rotatable bonds is 5. The summed E-state index contributed by atoms with van der Waals surface area (Å²) in [6.45, 7) is 12.1. The zero-order chi connectivity index (χ0) is 17.9. The van der Waals surface area contributed by atoms with Crippen LogP contribution in [0.15, 0.2) is 12.7 Å². The fraction of sp³-hybridized carbons (Fsp3) is 0.842. The van der Waals surface area contributed by atoms with Gasteiger partial charge in [0.05, 0.1) is 11.8 Å². The maximum Gasteiger partial charge on any atom is 0.239 e. The Morgan fingerprint density at radius 2 is 2.04 bits per heavy atom. The van der Waals surface area contributed by atoms with E-state index in [4.69, 9.17) is 0 Å². The van der Waals surface area contributed by atoms with Crippen molar-refractivity contribution in [1.82, 2.24) is 4.31 Å². The van der Waals surface area contributed by atoms with Crippen molar-refractivity contribution in [3.8, 4) is 0 Å². The fourth-order valence-electron chi connectivity index (χ4n) is 5.88. The predicted molar refractivity (Wildman–Crippen MR) is 95.7 cm³/mol. The highest BCUT2D eigenvalue weighted by Crippen LogP contribution is 2.70. The van der Waals surface area contributed by atoms with Crippen LogP contribution in [0.5, 0.6) is 0 Å². The third kappa shape index (κ3) is 2.30. The van der Waals surface area contributed by atoms with E-state index in [9.17, 15) is 13.2 Å². The van der Waals surface area contributed by atoms with Gasteiger partial charge in [0, 0.05) is 11.3 Å². The van der Waals surface area contributed by atoms with Gasteiger partial charge in [0.25, 0.3) is 0 Å². The highest BCUT2D eigenvalue weighted by Gasteiger charge is 2.72. The number of carbonyl (C=O) groups is 1. The van der Waals surface area contributed by atoms with Crippen molar-refractivity contribution in [3.63, 3.8) is 0 Å². The Morgan fingerprint density at radius 3 is 2.62 bits per heavy atom. The van der Waals surface area contributed by atoms with E-state index < -0.39 is 10.0 Å². The molecule has 0 aromatic carbocycles. The van der Waals surface area contributed by atoms with Crippen LogP contribution in [0.2, 0.25) is 0 Å². The lowest BCUT2D eigenvalue weighted by Crippen LogP contribution is -2.46. The van der Waals surface area contributed by atoms with Gasteiger partial charge in [0.2, 0.25) is 15.9 Å². The molecule has 0 aromatic rings. The van der Waals surface area contributed by atoms with E-state index in [0.717, 1.165) is 25.7 Å². The standard InChI is InChI=1S/C19H31NO3S/c1-6-7-13(2)10-14(3)17(21)20-16-11-15-8-9-19(16,18(15,4)5)12-24(20,22)23/h6,13-16H,1,7-12H2,2-5H3/t13-,14-,15-,16-,19-/m0/s1. The van der Waals surface area contributed by atoms with Crippen molar-refractivity contribution < 1.29 is 13.2 Å². The van der Waals surface area contributed by atoms with E-state index in [0.29, 0.717) is 18.3 Å². The lowest BCUT2D eigenvalue weighted by atomic mass is 9.69. The lowest BCUT2D eigenvalue weighted by molar-refractivity contribution is -0.133. The maximum absolute atomic E-state index is 13.0. The average Bonchev–Trinajstić information content (AvgIpc) is 2.93. The van der Waals surface area contributed by atoms with Gasteiger partial charge in [-0.3, -0.25) is 4.79 Å². The SMILES string of the molecule is C=CC[C@H](C)C[C@H](C)C(=O)N1[C@H]2C[C@@H]3CC[C@@]2(CS1(=O)=O)C3(C)C. The first kappa shape index (κ1) is 18.0. The molecule has 3 rings (SSSR count). The van der Waals surface area contributed by atoms with Crippen molar-refractivity contribution in [2.24, 2.45) is 28.6 Å². The van der Waals surface area contributed by atoms with Gasteiger partial charge in [-0.05, 0) is 49.4 Å². The van der Waals surface area contributed by atoms with Crippen LogP contribution in [0.1, 0.15) is 59.8 Å². The number of hydrogen-bond donors (Lipinski definition) is 0. The summed E-state index contributed by atoms with van der Waals surface area (Å²) in [6, 6.07) is -0.110. The van der Waals surface area contributed by atoms with Crippen LogP contribution >= 0.6 is 0 Å². The Morgan fingerprint density at radius 1 is 1.38 bits per heavy atom. The van der Waals surface area contributed by atoms with E-state index in [2.05, 4.69) is 27.4 Å². The molecule has 5 atom stereocenters. The monoisotopic (exact) mass is 353 g/mol. The number of amides is 1. The molecule has 1 saturated heterocycles. The van der Waals surface area contributed by atoms with Gasteiger partial charge in [0.1, 0.15) is 0 Å². The van der Waals surface area contributed by atoms with E-state index in [1.165, 1.54) is 4.31 Å². The molecule has 0 aromatic heterocycles. The Hall–Kier alpha value is -0.840. The van der Waals surface area contributed by atoms with Gasteiger partial charge in [-0.2, -0.15) is 0 Å². The van der Waals surface area contributed by atoms with Gasteiger partial charge in [-0.25, -0.2) is 12.7 Å². The third-order valence-electron chi connectivity index (χ3n) is 7.37. The normalized spacial score (nSPS) is 37.9. The van der Waals surface area contributed by atoms with Crippen molar-refractivity contribution in [2.75, 3.05) is 5.75 Å². The lowest BCUT2D eigenvalue weighted by Gasteiger charge is -2.37. The molecule has 0 unspecified atom stereocenters. The summed E-state index contributed by atoms with van der Waals surface area (Å²) in [6.07, 6.45) is 6.33. The van der Waals surface area contributed by atoms with Crippen molar-refractivity contribution in [1.29, 1.82) is 0 Å². The molecule has 3 fully saturated rings. The number of hydrogen-bond acceptors (Lipinski definition) is 3. The quantitative estimate of drug-likeness (QED) is 0.710. The van der Waals surface area contributed by atoms with Crippen molar-refractivity contribution >= 4 is 15.9 Å². The van der Waals surface area contributed by atoms with Gasteiger partial charge in [0.15, 0.2) is 0 Å². The second-order valence-corrected chi connectivity index (χ2v) is 10.9. The average molecular weight is 354 g/mol. The molecule has 1 spiro atoms. The minimum absolute atomic E-state index is 0.0130. The molecule has 1 amide bonds. The number of nitrogens with zero attached hydrogens (tertiary/aromatic N) is 1. The van der Waals surface area contributed by atoms with Gasteiger partial charge < -0.3 is 0 Å². The molecule has 5 heteroatoms. The molecule has 2 bridgehead atoms. The van der Waals surface area contributed by atoms with Crippen molar-refractivity contribution in [3.05, 3.63) is 12.7 Å². The molecule has 2 saturated carbocycles. The Labute approximate surface area is 146 Å². The minimum Gasteiger partial charge on any atom is -0.273 e. The van der Waals surface area contributed by atoms with Gasteiger partial charge in [-0.15, -0.1) is 6.58 Å². The molecule has 3 aliphatic rings. The molecule has 24 heavy (non-hydrogen) atoms. The number of sulfonamides is 1. The minimum atomic E-state index is -3.49. The first-order valence-corrected chi connectivity index (χ1v) is 10.8. The van der Waals surface area contributed by atoms with Crippen LogP contribution in [0.25, 0.3) is 0 Å². The second-order valence-electron chi connectivity index (χ2n) is 9.02. The Balaban J connectivity index is 1.86. The molecular formula is C19H31NO3S. The van der Waals surface area contributed by atoms with Crippen LogP contribution in [-0.2, 0) is 14.8 Å². The zero-order valence-electron chi connectivity index (χ0n) is 15.4. The van der Waals surface area contributed by atoms with Crippen molar-refractivity contribution in [2.45, 2.75) is 65.8 Å². The summed E-state index contributed by atoms with van der Waals surface area (Å²) in [7, 11) is -3.49. The highest BCUT2D eigenvalue weighted by molar-refractivity contribution is 7.90. The number of fused-ring (bicyclic) bond motifs is 1. The summed E-state index contributed by atoms with van der Waals surface area (Å²) < 4.78 is 27.1. The summed E-state index contributed by atoms with van der Waals surface area (Å²) in [5, 5.41) is 0. The Bertz CT molecular complexity index is 654. The van der Waals surface area contributed by atoms with Crippen LogP contribution in [0, 0.1) is 28.6 Å². The van der Waals surface area contributed by atoms with E-state index in [1.807, 2.05) is 13.0 Å². The molecule has 0 N–H and O–H groups in total. The van der Waals surface area contributed by atoms with Crippen LogP contribution in [0.3, 0.4) is 0 Å². The number of allylic oxidation sites excluding steroid dienone is 1. The second kappa shape index (κ2) is 5.58. The third-order valence-corrected chi connectivity index (χ3v) is 9.29. The first-order chi connectivity index (χ1) is 11.1. The molecular weight excluding hydrogens is 322 g/mol. The largest absolute Gasteiger partial charge is 0.273 e. The maximum atomic E-state index is 13.0. The molecule has 4 nitrogen and oxygen atoms in total. The topological polar surface area (TPSA) is 54.5 Å². The number of carbonyl (C=O) groups excluding carboxylic acids is 1. The van der Waals surface area contributed by atoms with Crippen LogP contribution < -0.4 is 0 Å². The Kier molecular flexibility index (Phi) is 4.18. The summed E-state index contributed by atoms with van der Waals surface area (Å²) in [5.41, 5.74) is -0.211. The highest BCUT2D eigenvalue weighted by atomic mass is 32.2. The molecule has 136 valence electrons. The van der Waals surface area contributed by atoms with Crippen LogP contribution in [-0.4, -0.2) is 30.4 Å². The fourth-order valence-corrected chi connectivity index (χ4v) is 8.51. The van der Waals surface area contributed by atoms with Gasteiger partial charge >= 0.3 is 0 Å². The first-order valence-electron chi connectivity index (χ1n) is 9.23. The smallest absolute Gasteiger partial charge is 0.239 e. The van der Waals surface area contributed by atoms with Gasteiger partial charge in [-0.1, -0.05) is 33.8 Å². The predicted octanol–water partition coefficient (Wildman–Crippen LogP) is 3.59. The molecule has 1 aliphatic heterocycles. The molecule has 0 radical (unpaired) electrons. The summed E-state index contributed by atoms with van der Waals surface area (Å²) >= 11 is 0.